The van der Waals surface area contributed by atoms with E-state index in [0.29, 0.717) is 11.8 Å². The van der Waals surface area contributed by atoms with Gasteiger partial charge in [0.15, 0.2) is 0 Å². The van der Waals surface area contributed by atoms with Gasteiger partial charge in [-0.2, -0.15) is 0 Å². The van der Waals surface area contributed by atoms with Gasteiger partial charge in [-0.25, -0.2) is 0 Å². The number of hydrogen-bond acceptors (Lipinski definition) is 3. The van der Waals surface area contributed by atoms with E-state index >= 15 is 0 Å². The van der Waals surface area contributed by atoms with Crippen LogP contribution in [-0.2, 0) is 16.0 Å². The smallest absolute Gasteiger partial charge is 0.226 e. The summed E-state index contributed by atoms with van der Waals surface area (Å²) in [6, 6.07) is 5.94. The third-order valence-corrected chi connectivity index (χ3v) is 6.60. The first-order valence-electron chi connectivity index (χ1n) is 9.88. The molecule has 3 atom stereocenters. The number of aromatic nitrogens is 1. The molecule has 5 heteroatoms. The molecule has 0 saturated heterocycles. The van der Waals surface area contributed by atoms with E-state index in [2.05, 4.69) is 22.5 Å². The van der Waals surface area contributed by atoms with Crippen LogP contribution in [0.3, 0.4) is 0 Å². The predicted molar refractivity (Wildman–Crippen MR) is 99.2 cm³/mol. The van der Waals surface area contributed by atoms with Crippen LogP contribution in [0.4, 0.5) is 0 Å². The van der Waals surface area contributed by atoms with Gasteiger partial charge in [0.1, 0.15) is 0 Å². The van der Waals surface area contributed by atoms with Gasteiger partial charge in [0.2, 0.25) is 11.8 Å². The second-order valence-corrected chi connectivity index (χ2v) is 9.10. The maximum atomic E-state index is 13.3. The molecule has 1 aromatic rings. The maximum Gasteiger partial charge on any atom is 0.226 e. The molecule has 4 aliphatic rings. The highest BCUT2D eigenvalue weighted by molar-refractivity contribution is 5.84. The van der Waals surface area contributed by atoms with E-state index in [-0.39, 0.29) is 28.8 Å². The van der Waals surface area contributed by atoms with Crippen molar-refractivity contribution >= 4 is 11.8 Å². The number of rotatable bonds is 5. The molecule has 0 aromatic carbocycles. The fraction of sp³-hybridized carbons (Fsp3) is 0.667. The molecule has 0 radical (unpaired) electrons. The molecule has 140 valence electrons. The van der Waals surface area contributed by atoms with Crippen molar-refractivity contribution in [2.45, 2.75) is 70.4 Å². The van der Waals surface area contributed by atoms with Gasteiger partial charge >= 0.3 is 0 Å². The van der Waals surface area contributed by atoms with Crippen LogP contribution in [0.1, 0.15) is 58.1 Å². The minimum Gasteiger partial charge on any atom is -0.353 e. The topological polar surface area (TPSA) is 71.1 Å². The summed E-state index contributed by atoms with van der Waals surface area (Å²) in [5, 5.41) is 6.50. The SMILES string of the molecule is CC(=O)NC12CC3CC(C1)CC(C(=O)NC(C)Cc1ccccn1)(C3)C2. The van der Waals surface area contributed by atoms with Gasteiger partial charge in [0, 0.05) is 36.8 Å². The zero-order valence-corrected chi connectivity index (χ0v) is 15.8. The lowest BCUT2D eigenvalue weighted by Gasteiger charge is -2.61. The summed E-state index contributed by atoms with van der Waals surface area (Å²) in [4.78, 5) is 29.4. The van der Waals surface area contributed by atoms with Gasteiger partial charge in [0.05, 0.1) is 5.41 Å². The molecule has 4 bridgehead atoms. The summed E-state index contributed by atoms with van der Waals surface area (Å²) >= 11 is 0. The van der Waals surface area contributed by atoms with Gasteiger partial charge in [-0.05, 0) is 69.4 Å². The first-order chi connectivity index (χ1) is 12.4. The Kier molecular flexibility index (Phi) is 4.28. The number of amides is 2. The molecule has 4 saturated carbocycles. The van der Waals surface area contributed by atoms with E-state index in [1.165, 1.54) is 6.42 Å². The fourth-order valence-electron chi connectivity index (χ4n) is 6.31. The van der Waals surface area contributed by atoms with Crippen molar-refractivity contribution in [3.8, 4) is 0 Å². The summed E-state index contributed by atoms with van der Waals surface area (Å²) in [6.07, 6.45) is 8.60. The molecule has 5 rings (SSSR count). The summed E-state index contributed by atoms with van der Waals surface area (Å²) in [5.74, 6) is 1.36. The predicted octanol–water partition coefficient (Wildman–Crippen LogP) is 2.60. The number of carbonyl (C=O) groups is 2. The van der Waals surface area contributed by atoms with Gasteiger partial charge in [-0.1, -0.05) is 6.07 Å². The Labute approximate surface area is 155 Å². The molecule has 5 nitrogen and oxygen atoms in total. The monoisotopic (exact) mass is 355 g/mol. The molecule has 0 spiro atoms. The van der Waals surface area contributed by atoms with Crippen LogP contribution in [0, 0.1) is 17.3 Å². The van der Waals surface area contributed by atoms with Crippen LogP contribution in [0.25, 0.3) is 0 Å². The minimum absolute atomic E-state index is 0.0334. The summed E-state index contributed by atoms with van der Waals surface area (Å²) in [7, 11) is 0. The van der Waals surface area contributed by atoms with Crippen molar-refractivity contribution in [1.82, 2.24) is 15.6 Å². The van der Waals surface area contributed by atoms with E-state index in [9.17, 15) is 9.59 Å². The van der Waals surface area contributed by atoms with Gasteiger partial charge in [0.25, 0.3) is 0 Å². The van der Waals surface area contributed by atoms with Crippen molar-refractivity contribution in [3.63, 3.8) is 0 Å². The summed E-state index contributed by atoms with van der Waals surface area (Å²) in [5.41, 5.74) is 0.545. The average molecular weight is 355 g/mol. The number of nitrogens with one attached hydrogen (secondary N) is 2. The van der Waals surface area contributed by atoms with Crippen LogP contribution in [0.15, 0.2) is 24.4 Å². The summed E-state index contributed by atoms with van der Waals surface area (Å²) < 4.78 is 0. The fourth-order valence-corrected chi connectivity index (χ4v) is 6.31. The maximum absolute atomic E-state index is 13.3. The Balaban J connectivity index is 1.47. The molecule has 1 heterocycles. The largest absolute Gasteiger partial charge is 0.353 e. The number of pyridine rings is 1. The van der Waals surface area contributed by atoms with Gasteiger partial charge in [-0.15, -0.1) is 0 Å². The van der Waals surface area contributed by atoms with E-state index in [1.54, 1.807) is 13.1 Å². The van der Waals surface area contributed by atoms with Crippen molar-refractivity contribution < 1.29 is 9.59 Å². The standard InChI is InChI=1S/C21H29N3O2/c1-14(7-18-5-3-4-6-22-18)23-19(26)20-9-16-8-17(10-20)12-21(11-16,13-20)24-15(2)25/h3-6,14,16-17H,7-13H2,1-2H3,(H,23,26)(H,24,25). The Morgan fingerprint density at radius 1 is 1.23 bits per heavy atom. The highest BCUT2D eigenvalue weighted by Crippen LogP contribution is 2.61. The molecule has 1 aromatic heterocycles. The normalized spacial score (nSPS) is 35.8. The Hall–Kier alpha value is -1.91. The lowest BCUT2D eigenvalue weighted by molar-refractivity contribution is -0.153. The van der Waals surface area contributed by atoms with Gasteiger partial charge < -0.3 is 10.6 Å². The van der Waals surface area contributed by atoms with E-state index < -0.39 is 0 Å². The van der Waals surface area contributed by atoms with E-state index in [1.807, 2.05) is 18.2 Å². The zero-order chi connectivity index (χ0) is 18.4. The molecule has 4 fully saturated rings. The van der Waals surface area contributed by atoms with Crippen LogP contribution in [0.5, 0.6) is 0 Å². The Morgan fingerprint density at radius 2 is 1.96 bits per heavy atom. The molecule has 2 N–H and O–H groups in total. The molecule has 3 unspecified atom stereocenters. The molecular weight excluding hydrogens is 326 g/mol. The molecule has 2 amide bonds. The zero-order valence-electron chi connectivity index (χ0n) is 15.8. The molecule has 4 aliphatic carbocycles. The Morgan fingerprint density at radius 3 is 2.58 bits per heavy atom. The lowest BCUT2D eigenvalue weighted by Crippen LogP contribution is -2.66. The minimum atomic E-state index is -0.301. The van der Waals surface area contributed by atoms with Crippen LogP contribution >= 0.6 is 0 Å². The third-order valence-electron chi connectivity index (χ3n) is 6.60. The van der Waals surface area contributed by atoms with Crippen molar-refractivity contribution in [2.24, 2.45) is 17.3 Å². The highest BCUT2D eigenvalue weighted by Gasteiger charge is 2.60. The molecule has 26 heavy (non-hydrogen) atoms. The first-order valence-corrected chi connectivity index (χ1v) is 9.88. The molecule has 0 aliphatic heterocycles. The van der Waals surface area contributed by atoms with Crippen LogP contribution in [0.2, 0.25) is 0 Å². The highest BCUT2D eigenvalue weighted by atomic mass is 16.2. The van der Waals surface area contributed by atoms with E-state index in [0.717, 1.165) is 44.2 Å². The van der Waals surface area contributed by atoms with Gasteiger partial charge in [-0.3, -0.25) is 14.6 Å². The van der Waals surface area contributed by atoms with Crippen molar-refractivity contribution in [2.75, 3.05) is 0 Å². The number of hydrogen-bond donors (Lipinski definition) is 2. The first kappa shape index (κ1) is 17.5. The molecular formula is C21H29N3O2. The number of carbonyl (C=O) groups excluding carboxylic acids is 2. The second kappa shape index (κ2) is 6.36. The van der Waals surface area contributed by atoms with Crippen molar-refractivity contribution in [1.29, 1.82) is 0 Å². The average Bonchev–Trinajstić information content (AvgIpc) is 2.53. The number of nitrogens with zero attached hydrogens (tertiary/aromatic N) is 1. The quantitative estimate of drug-likeness (QED) is 0.853. The Bertz CT molecular complexity index is 688. The van der Waals surface area contributed by atoms with E-state index in [4.69, 9.17) is 0 Å². The lowest BCUT2D eigenvalue weighted by atomic mass is 9.46. The van der Waals surface area contributed by atoms with Crippen LogP contribution < -0.4 is 10.6 Å². The third kappa shape index (κ3) is 3.24. The second-order valence-electron chi connectivity index (χ2n) is 9.10. The van der Waals surface area contributed by atoms with Crippen molar-refractivity contribution in [3.05, 3.63) is 30.1 Å². The summed E-state index contributed by atoms with van der Waals surface area (Å²) in [6.45, 7) is 3.65. The van der Waals surface area contributed by atoms with Crippen LogP contribution in [-0.4, -0.2) is 28.4 Å².